The molecule has 5 nitrogen and oxygen atoms in total. The Morgan fingerprint density at radius 2 is 1.33 bits per heavy atom. The maximum absolute atomic E-state index is 14.0. The summed E-state index contributed by atoms with van der Waals surface area (Å²) >= 11 is 0. The number of benzene rings is 1. The van der Waals surface area contributed by atoms with Gasteiger partial charge in [0.15, 0.2) is 0 Å². The summed E-state index contributed by atoms with van der Waals surface area (Å²) in [5.41, 5.74) is 0.558. The SMILES string of the molecule is O=C(NC1CCCCCCCCCCC1)C(=O)N1CCN(c2ccccc2F)CC1. The number of anilines is 1. The third-order valence-electron chi connectivity index (χ3n) is 6.39. The van der Waals surface area contributed by atoms with E-state index in [0.717, 1.165) is 25.7 Å². The van der Waals surface area contributed by atoms with Crippen LogP contribution in [-0.2, 0) is 9.59 Å². The largest absolute Gasteiger partial charge is 0.366 e. The monoisotopic (exact) mass is 417 g/mol. The molecule has 2 amide bonds. The highest BCUT2D eigenvalue weighted by Crippen LogP contribution is 2.20. The van der Waals surface area contributed by atoms with Gasteiger partial charge in [-0.1, -0.05) is 69.9 Å². The maximum Gasteiger partial charge on any atom is 0.312 e. The molecular weight excluding hydrogens is 381 g/mol. The van der Waals surface area contributed by atoms with Gasteiger partial charge in [-0.15, -0.1) is 0 Å². The lowest BCUT2D eigenvalue weighted by molar-refractivity contribution is -0.146. The van der Waals surface area contributed by atoms with Gasteiger partial charge in [-0.2, -0.15) is 0 Å². The first kappa shape index (κ1) is 22.6. The summed E-state index contributed by atoms with van der Waals surface area (Å²) in [5, 5.41) is 3.02. The number of carbonyl (C=O) groups is 2. The first-order valence-electron chi connectivity index (χ1n) is 11.7. The highest BCUT2D eigenvalue weighted by molar-refractivity contribution is 6.35. The summed E-state index contributed by atoms with van der Waals surface area (Å²) < 4.78 is 14.0. The van der Waals surface area contributed by atoms with Gasteiger partial charge in [-0.3, -0.25) is 9.59 Å². The molecule has 30 heavy (non-hydrogen) atoms. The zero-order valence-electron chi connectivity index (χ0n) is 18.1. The van der Waals surface area contributed by atoms with E-state index in [9.17, 15) is 14.0 Å². The Bertz CT molecular complexity index is 677. The third-order valence-corrected chi connectivity index (χ3v) is 6.39. The molecule has 1 saturated carbocycles. The van der Waals surface area contributed by atoms with Gasteiger partial charge in [-0.25, -0.2) is 4.39 Å². The molecule has 1 aliphatic carbocycles. The van der Waals surface area contributed by atoms with Crippen LogP contribution in [0.2, 0.25) is 0 Å². The first-order chi connectivity index (χ1) is 14.6. The predicted molar refractivity (Wildman–Crippen MR) is 118 cm³/mol. The van der Waals surface area contributed by atoms with Crippen molar-refractivity contribution in [3.8, 4) is 0 Å². The molecule has 2 fully saturated rings. The standard InChI is InChI=1S/C24H36FN3O2/c25-21-14-10-11-15-22(21)27-16-18-28(19-17-27)24(30)23(29)26-20-12-8-6-4-2-1-3-5-7-9-13-20/h10-11,14-15,20H,1-9,12-13,16-19H2,(H,26,29). The van der Waals surface area contributed by atoms with Crippen molar-refractivity contribution in [1.82, 2.24) is 10.2 Å². The Morgan fingerprint density at radius 1 is 0.800 bits per heavy atom. The van der Waals surface area contributed by atoms with Crippen LogP contribution in [0.15, 0.2) is 24.3 Å². The molecule has 166 valence electrons. The summed E-state index contributed by atoms with van der Waals surface area (Å²) in [5.74, 6) is -1.18. The Labute approximate surface area is 180 Å². The zero-order chi connectivity index (χ0) is 21.2. The quantitative estimate of drug-likeness (QED) is 0.732. The van der Waals surface area contributed by atoms with Gasteiger partial charge in [0.1, 0.15) is 5.82 Å². The topological polar surface area (TPSA) is 52.7 Å². The van der Waals surface area contributed by atoms with E-state index in [0.29, 0.717) is 31.9 Å². The number of nitrogens with zero attached hydrogens (tertiary/aromatic N) is 2. The van der Waals surface area contributed by atoms with Crippen molar-refractivity contribution in [1.29, 1.82) is 0 Å². The molecular formula is C24H36FN3O2. The molecule has 1 aliphatic heterocycles. The van der Waals surface area contributed by atoms with Crippen molar-refractivity contribution in [2.75, 3.05) is 31.1 Å². The summed E-state index contributed by atoms with van der Waals surface area (Å²) in [6.07, 6.45) is 13.1. The van der Waals surface area contributed by atoms with E-state index < -0.39 is 11.8 Å². The number of halogens is 1. The number of nitrogens with one attached hydrogen (secondary N) is 1. The predicted octanol–water partition coefficient (Wildman–Crippen LogP) is 4.26. The molecule has 0 radical (unpaired) electrons. The molecule has 2 aliphatic rings. The fourth-order valence-electron chi connectivity index (χ4n) is 4.56. The van der Waals surface area contributed by atoms with E-state index in [2.05, 4.69) is 5.32 Å². The summed E-state index contributed by atoms with van der Waals surface area (Å²) in [6.45, 7) is 1.93. The van der Waals surface area contributed by atoms with Crippen LogP contribution < -0.4 is 10.2 Å². The van der Waals surface area contributed by atoms with Gasteiger partial charge < -0.3 is 15.1 Å². The van der Waals surface area contributed by atoms with Crippen LogP contribution >= 0.6 is 0 Å². The second-order valence-corrected chi connectivity index (χ2v) is 8.66. The first-order valence-corrected chi connectivity index (χ1v) is 11.7. The number of para-hydroxylation sites is 1. The molecule has 1 saturated heterocycles. The molecule has 0 bridgehead atoms. The lowest BCUT2D eigenvalue weighted by atomic mass is 9.98. The highest BCUT2D eigenvalue weighted by atomic mass is 19.1. The Hall–Kier alpha value is -2.11. The molecule has 3 rings (SSSR count). The van der Waals surface area contributed by atoms with Gasteiger partial charge >= 0.3 is 11.8 Å². The average Bonchev–Trinajstić information content (AvgIpc) is 2.75. The molecule has 1 heterocycles. The van der Waals surface area contributed by atoms with Crippen LogP contribution in [0.1, 0.15) is 70.6 Å². The van der Waals surface area contributed by atoms with E-state index in [-0.39, 0.29) is 11.9 Å². The van der Waals surface area contributed by atoms with E-state index >= 15 is 0 Å². The average molecular weight is 418 g/mol. The molecule has 0 unspecified atom stereocenters. The van der Waals surface area contributed by atoms with Crippen LogP contribution in [0.5, 0.6) is 0 Å². The van der Waals surface area contributed by atoms with Crippen LogP contribution in [0.3, 0.4) is 0 Å². The van der Waals surface area contributed by atoms with Gasteiger partial charge in [0, 0.05) is 32.2 Å². The smallest absolute Gasteiger partial charge is 0.312 e. The van der Waals surface area contributed by atoms with Crippen LogP contribution in [0.25, 0.3) is 0 Å². The van der Waals surface area contributed by atoms with Crippen molar-refractivity contribution < 1.29 is 14.0 Å². The minimum Gasteiger partial charge on any atom is -0.366 e. The van der Waals surface area contributed by atoms with E-state index in [1.54, 1.807) is 17.0 Å². The second kappa shape index (κ2) is 11.9. The minimum absolute atomic E-state index is 0.0978. The number of hydrogen-bond acceptors (Lipinski definition) is 3. The van der Waals surface area contributed by atoms with Gasteiger partial charge in [0.2, 0.25) is 0 Å². The van der Waals surface area contributed by atoms with Crippen molar-refractivity contribution in [3.63, 3.8) is 0 Å². The minimum atomic E-state index is -0.480. The van der Waals surface area contributed by atoms with Crippen LogP contribution in [0, 0.1) is 5.82 Å². The number of rotatable bonds is 2. The molecule has 1 aromatic carbocycles. The normalized spacial score (nSPS) is 20.2. The summed E-state index contributed by atoms with van der Waals surface area (Å²) in [7, 11) is 0. The van der Waals surface area contributed by atoms with Gasteiger partial charge in [0.05, 0.1) is 5.69 Å². The third kappa shape index (κ3) is 6.71. The van der Waals surface area contributed by atoms with Crippen LogP contribution in [-0.4, -0.2) is 48.9 Å². The lowest BCUT2D eigenvalue weighted by Crippen LogP contribution is -2.54. The number of amides is 2. The number of hydrogen-bond donors (Lipinski definition) is 1. The molecule has 1 N–H and O–H groups in total. The van der Waals surface area contributed by atoms with Crippen molar-refractivity contribution in [2.24, 2.45) is 0 Å². The number of carbonyl (C=O) groups excluding carboxylic acids is 2. The molecule has 0 aromatic heterocycles. The maximum atomic E-state index is 14.0. The number of piperazine rings is 1. The van der Waals surface area contributed by atoms with Crippen LogP contribution in [0.4, 0.5) is 10.1 Å². The fraction of sp³-hybridized carbons (Fsp3) is 0.667. The summed E-state index contributed by atoms with van der Waals surface area (Å²) in [4.78, 5) is 28.8. The van der Waals surface area contributed by atoms with E-state index in [4.69, 9.17) is 0 Å². The molecule has 1 aromatic rings. The fourth-order valence-corrected chi connectivity index (χ4v) is 4.56. The highest BCUT2D eigenvalue weighted by Gasteiger charge is 2.28. The zero-order valence-corrected chi connectivity index (χ0v) is 18.1. The van der Waals surface area contributed by atoms with E-state index in [1.807, 2.05) is 11.0 Å². The van der Waals surface area contributed by atoms with Crippen molar-refractivity contribution >= 4 is 17.5 Å². The van der Waals surface area contributed by atoms with Gasteiger partial charge in [-0.05, 0) is 25.0 Å². The Balaban J connectivity index is 1.47. The lowest BCUT2D eigenvalue weighted by Gasteiger charge is -2.36. The summed E-state index contributed by atoms with van der Waals surface area (Å²) in [6, 6.07) is 6.78. The molecule has 0 atom stereocenters. The van der Waals surface area contributed by atoms with Crippen molar-refractivity contribution in [2.45, 2.75) is 76.7 Å². The van der Waals surface area contributed by atoms with E-state index in [1.165, 1.54) is 51.0 Å². The Kier molecular flexibility index (Phi) is 8.97. The second-order valence-electron chi connectivity index (χ2n) is 8.66. The van der Waals surface area contributed by atoms with Gasteiger partial charge in [0.25, 0.3) is 0 Å². The Morgan fingerprint density at radius 3 is 1.90 bits per heavy atom. The van der Waals surface area contributed by atoms with Crippen molar-refractivity contribution in [3.05, 3.63) is 30.1 Å². The molecule has 6 heteroatoms. The molecule has 0 spiro atoms.